The van der Waals surface area contributed by atoms with Crippen molar-refractivity contribution in [1.82, 2.24) is 0 Å². The Hall–Kier alpha value is -0.280. The summed E-state index contributed by atoms with van der Waals surface area (Å²) in [5, 5.41) is 11.2. The second-order valence-electron chi connectivity index (χ2n) is 4.02. The molecule has 0 amide bonds. The van der Waals surface area contributed by atoms with Gasteiger partial charge >= 0.3 is 0 Å². The molecule has 1 aliphatic rings. The van der Waals surface area contributed by atoms with Gasteiger partial charge in [-0.3, -0.25) is 0 Å². The molecule has 88 valence electrons. The van der Waals surface area contributed by atoms with E-state index < -0.39 is 6.10 Å². The number of ether oxygens (including phenoxy) is 1. The number of hydrogen-bond donors (Lipinski definition) is 1. The second-order valence-corrected chi connectivity index (χ2v) is 4.86. The average Bonchev–Trinajstić information content (AvgIpc) is 2.29. The first-order chi connectivity index (χ1) is 7.68. The van der Waals surface area contributed by atoms with Crippen molar-refractivity contribution < 1.29 is 9.84 Å². The summed E-state index contributed by atoms with van der Waals surface area (Å²) in [4.78, 5) is 0. The van der Waals surface area contributed by atoms with Gasteiger partial charge in [0.15, 0.2) is 0 Å². The molecule has 0 saturated carbocycles. The molecule has 1 aliphatic heterocycles. The lowest BCUT2D eigenvalue weighted by Gasteiger charge is -2.27. The third-order valence-electron chi connectivity index (χ3n) is 2.85. The Morgan fingerprint density at radius 1 is 1.31 bits per heavy atom. The molecule has 2 unspecified atom stereocenters. The highest BCUT2D eigenvalue weighted by Gasteiger charge is 2.25. The van der Waals surface area contributed by atoms with Crippen molar-refractivity contribution >= 4 is 23.2 Å². The number of aliphatic hydroxyl groups excluding tert-OH is 1. The maximum atomic E-state index is 10.2. The summed E-state index contributed by atoms with van der Waals surface area (Å²) in [5.74, 6) is 0. The SMILES string of the molecule is OC(c1ccc(Cl)cc1Cl)C1CCCCO1. The maximum absolute atomic E-state index is 10.2. The van der Waals surface area contributed by atoms with Crippen LogP contribution in [0.15, 0.2) is 18.2 Å². The number of halogens is 2. The lowest BCUT2D eigenvalue weighted by atomic mass is 9.98. The van der Waals surface area contributed by atoms with Gasteiger partial charge in [0.1, 0.15) is 6.10 Å². The van der Waals surface area contributed by atoms with Crippen molar-refractivity contribution in [2.75, 3.05) is 6.61 Å². The second kappa shape index (κ2) is 5.37. The summed E-state index contributed by atoms with van der Waals surface area (Å²) in [7, 11) is 0. The average molecular weight is 261 g/mol. The van der Waals surface area contributed by atoms with Gasteiger partial charge in [0.2, 0.25) is 0 Å². The first kappa shape index (κ1) is 12.2. The Morgan fingerprint density at radius 2 is 2.12 bits per heavy atom. The molecule has 1 fully saturated rings. The Labute approximate surface area is 105 Å². The zero-order chi connectivity index (χ0) is 11.5. The zero-order valence-corrected chi connectivity index (χ0v) is 10.3. The number of rotatable bonds is 2. The van der Waals surface area contributed by atoms with E-state index in [-0.39, 0.29) is 6.10 Å². The van der Waals surface area contributed by atoms with Gasteiger partial charge in [0.05, 0.1) is 6.10 Å². The van der Waals surface area contributed by atoms with Crippen LogP contribution in [0.2, 0.25) is 10.0 Å². The normalized spacial score (nSPS) is 23.1. The summed E-state index contributed by atoms with van der Waals surface area (Å²) in [6, 6.07) is 5.13. The molecule has 1 saturated heterocycles. The maximum Gasteiger partial charge on any atom is 0.107 e. The third-order valence-corrected chi connectivity index (χ3v) is 3.41. The van der Waals surface area contributed by atoms with E-state index in [0.717, 1.165) is 19.3 Å². The fraction of sp³-hybridized carbons (Fsp3) is 0.500. The summed E-state index contributed by atoms with van der Waals surface area (Å²) < 4.78 is 5.54. The van der Waals surface area contributed by atoms with Gasteiger partial charge < -0.3 is 9.84 Å². The van der Waals surface area contributed by atoms with Crippen LogP contribution < -0.4 is 0 Å². The molecule has 0 aromatic heterocycles. The monoisotopic (exact) mass is 260 g/mol. The molecule has 1 N–H and O–H groups in total. The predicted octanol–water partition coefficient (Wildman–Crippen LogP) is 3.60. The molecule has 2 rings (SSSR count). The van der Waals surface area contributed by atoms with Crippen molar-refractivity contribution in [1.29, 1.82) is 0 Å². The van der Waals surface area contributed by atoms with Crippen molar-refractivity contribution in [3.8, 4) is 0 Å². The van der Waals surface area contributed by atoms with E-state index in [1.54, 1.807) is 18.2 Å². The standard InChI is InChI=1S/C12H14Cl2O2/c13-8-4-5-9(10(14)7-8)12(15)11-3-1-2-6-16-11/h4-5,7,11-12,15H,1-3,6H2. The number of aliphatic hydroxyl groups is 1. The molecule has 0 bridgehead atoms. The van der Waals surface area contributed by atoms with Gasteiger partial charge in [-0.25, -0.2) is 0 Å². The Kier molecular flexibility index (Phi) is 4.09. The van der Waals surface area contributed by atoms with E-state index in [0.29, 0.717) is 22.2 Å². The van der Waals surface area contributed by atoms with Crippen molar-refractivity contribution in [3.63, 3.8) is 0 Å². The first-order valence-electron chi connectivity index (χ1n) is 5.43. The minimum atomic E-state index is -0.662. The van der Waals surface area contributed by atoms with Crippen LogP contribution >= 0.6 is 23.2 Å². The van der Waals surface area contributed by atoms with Gasteiger partial charge in [-0.15, -0.1) is 0 Å². The molecular formula is C12H14Cl2O2. The summed E-state index contributed by atoms with van der Waals surface area (Å²) in [5.41, 5.74) is 0.693. The highest BCUT2D eigenvalue weighted by Crippen LogP contribution is 2.32. The molecule has 1 heterocycles. The molecule has 1 aromatic rings. The zero-order valence-electron chi connectivity index (χ0n) is 8.83. The van der Waals surface area contributed by atoms with Crippen molar-refractivity contribution in [2.24, 2.45) is 0 Å². The van der Waals surface area contributed by atoms with Crippen LogP contribution in [0, 0.1) is 0 Å². The molecule has 4 heteroatoms. The molecular weight excluding hydrogens is 247 g/mol. The summed E-state index contributed by atoms with van der Waals surface area (Å²) in [6.07, 6.45) is 2.22. The fourth-order valence-corrected chi connectivity index (χ4v) is 2.48. The van der Waals surface area contributed by atoms with Crippen LogP contribution in [0.5, 0.6) is 0 Å². The van der Waals surface area contributed by atoms with Crippen molar-refractivity contribution in [3.05, 3.63) is 33.8 Å². The molecule has 0 radical (unpaired) electrons. The lowest BCUT2D eigenvalue weighted by Crippen LogP contribution is -2.26. The minimum absolute atomic E-state index is 0.146. The lowest BCUT2D eigenvalue weighted by molar-refractivity contribution is -0.0633. The van der Waals surface area contributed by atoms with Crippen LogP contribution in [0.1, 0.15) is 30.9 Å². The number of hydrogen-bond acceptors (Lipinski definition) is 2. The fourth-order valence-electron chi connectivity index (χ4n) is 1.96. The van der Waals surface area contributed by atoms with E-state index in [2.05, 4.69) is 0 Å². The van der Waals surface area contributed by atoms with E-state index in [9.17, 15) is 5.11 Å². The highest BCUT2D eigenvalue weighted by molar-refractivity contribution is 6.35. The van der Waals surface area contributed by atoms with Gasteiger partial charge in [-0.2, -0.15) is 0 Å². The van der Waals surface area contributed by atoms with Crippen LogP contribution in [0.4, 0.5) is 0 Å². The smallest absolute Gasteiger partial charge is 0.107 e. The molecule has 16 heavy (non-hydrogen) atoms. The Bertz CT molecular complexity index is 362. The predicted molar refractivity (Wildman–Crippen MR) is 65.0 cm³/mol. The molecule has 1 aromatic carbocycles. The van der Waals surface area contributed by atoms with E-state index in [1.165, 1.54) is 0 Å². The topological polar surface area (TPSA) is 29.5 Å². The molecule has 2 atom stereocenters. The van der Waals surface area contributed by atoms with Gasteiger partial charge in [0, 0.05) is 22.2 Å². The first-order valence-corrected chi connectivity index (χ1v) is 6.18. The van der Waals surface area contributed by atoms with Crippen LogP contribution in [0.25, 0.3) is 0 Å². The van der Waals surface area contributed by atoms with Crippen LogP contribution in [0.3, 0.4) is 0 Å². The molecule has 0 aliphatic carbocycles. The quantitative estimate of drug-likeness (QED) is 0.881. The minimum Gasteiger partial charge on any atom is -0.386 e. The van der Waals surface area contributed by atoms with Gasteiger partial charge in [-0.1, -0.05) is 29.3 Å². The molecule has 0 spiro atoms. The number of benzene rings is 1. The largest absolute Gasteiger partial charge is 0.386 e. The third kappa shape index (κ3) is 2.69. The van der Waals surface area contributed by atoms with E-state index >= 15 is 0 Å². The highest BCUT2D eigenvalue weighted by atomic mass is 35.5. The van der Waals surface area contributed by atoms with Gasteiger partial charge in [0.25, 0.3) is 0 Å². The van der Waals surface area contributed by atoms with Gasteiger partial charge in [-0.05, 0) is 31.4 Å². The Balaban J connectivity index is 2.15. The Morgan fingerprint density at radius 3 is 2.75 bits per heavy atom. The van der Waals surface area contributed by atoms with Crippen molar-refractivity contribution in [2.45, 2.75) is 31.5 Å². The summed E-state index contributed by atoms with van der Waals surface area (Å²) in [6.45, 7) is 0.715. The summed E-state index contributed by atoms with van der Waals surface area (Å²) >= 11 is 11.9. The van der Waals surface area contributed by atoms with Crippen LogP contribution in [-0.2, 0) is 4.74 Å². The van der Waals surface area contributed by atoms with E-state index in [1.807, 2.05) is 0 Å². The van der Waals surface area contributed by atoms with E-state index in [4.69, 9.17) is 27.9 Å². The van der Waals surface area contributed by atoms with Crippen LogP contribution in [-0.4, -0.2) is 17.8 Å². The molecule has 2 nitrogen and oxygen atoms in total.